The van der Waals surface area contributed by atoms with Gasteiger partial charge in [0, 0.05) is 32.8 Å². The third-order valence-corrected chi connectivity index (χ3v) is 2.90. The minimum atomic E-state index is -0.870. The number of hydrogen-bond donors (Lipinski definition) is 1. The van der Waals surface area contributed by atoms with Gasteiger partial charge in [0.2, 0.25) is 0 Å². The van der Waals surface area contributed by atoms with Crippen molar-refractivity contribution in [2.24, 2.45) is 0 Å². The van der Waals surface area contributed by atoms with Crippen LogP contribution in [0, 0.1) is 0 Å². The topological polar surface area (TPSA) is 70.1 Å². The maximum absolute atomic E-state index is 12.1. The number of carboxylic acids is 1. The molecular weight excluding hydrogens is 236 g/mol. The Bertz CT molecular complexity index is 292. The number of aliphatic carboxylic acids is 1. The molecule has 2 amide bonds. The van der Waals surface area contributed by atoms with Gasteiger partial charge in [-0.15, -0.1) is 0 Å². The first-order valence-electron chi connectivity index (χ1n) is 6.37. The van der Waals surface area contributed by atoms with E-state index in [1.54, 1.807) is 16.8 Å². The molecule has 6 heteroatoms. The summed E-state index contributed by atoms with van der Waals surface area (Å²) in [4.78, 5) is 26.0. The van der Waals surface area contributed by atoms with Crippen molar-refractivity contribution in [3.63, 3.8) is 0 Å². The zero-order chi connectivity index (χ0) is 13.5. The van der Waals surface area contributed by atoms with Gasteiger partial charge in [0.25, 0.3) is 0 Å². The molecule has 0 atom stereocenters. The molecule has 0 aromatic rings. The summed E-state index contributed by atoms with van der Waals surface area (Å²) in [6.45, 7) is 3.87. The van der Waals surface area contributed by atoms with Crippen LogP contribution in [0.2, 0.25) is 0 Å². The maximum atomic E-state index is 12.1. The van der Waals surface area contributed by atoms with Crippen LogP contribution in [0.5, 0.6) is 0 Å². The quantitative estimate of drug-likeness (QED) is 0.660. The highest BCUT2D eigenvalue weighted by molar-refractivity contribution is 5.76. The van der Waals surface area contributed by atoms with Gasteiger partial charge in [-0.25, -0.2) is 4.79 Å². The number of urea groups is 1. The van der Waals surface area contributed by atoms with Crippen molar-refractivity contribution >= 4 is 12.0 Å². The first-order valence-corrected chi connectivity index (χ1v) is 6.37. The van der Waals surface area contributed by atoms with Crippen LogP contribution < -0.4 is 0 Å². The molecular formula is C12H22N2O4. The normalized spacial score (nSPS) is 14.3. The SMILES string of the molecule is CCOCCN(C)C(=O)N(CCC(=O)O)C1CC1. The number of likely N-dealkylation sites (N-methyl/N-ethyl adjacent to an activating group) is 1. The van der Waals surface area contributed by atoms with E-state index in [1.165, 1.54) is 0 Å². The average Bonchev–Trinajstić information content (AvgIpc) is 3.13. The Morgan fingerprint density at radius 2 is 2.00 bits per heavy atom. The lowest BCUT2D eigenvalue weighted by Crippen LogP contribution is -2.44. The predicted octanol–water partition coefficient (Wildman–Crippen LogP) is 1.01. The minimum absolute atomic E-state index is 0.00153. The molecule has 0 spiro atoms. The van der Waals surface area contributed by atoms with Crippen LogP contribution in [0.1, 0.15) is 26.2 Å². The molecule has 1 rings (SSSR count). The van der Waals surface area contributed by atoms with E-state index in [0.29, 0.717) is 19.8 Å². The van der Waals surface area contributed by atoms with Crippen LogP contribution in [-0.4, -0.2) is 66.3 Å². The summed E-state index contributed by atoms with van der Waals surface area (Å²) in [5, 5.41) is 8.69. The number of amides is 2. The Morgan fingerprint density at radius 3 is 2.50 bits per heavy atom. The first-order chi connectivity index (χ1) is 8.56. The fourth-order valence-electron chi connectivity index (χ4n) is 1.70. The molecule has 1 aliphatic carbocycles. The summed E-state index contributed by atoms with van der Waals surface area (Å²) >= 11 is 0. The molecule has 1 aliphatic rings. The fraction of sp³-hybridized carbons (Fsp3) is 0.833. The summed E-state index contributed by atoms with van der Waals surface area (Å²) < 4.78 is 5.20. The number of hydrogen-bond acceptors (Lipinski definition) is 3. The van der Waals surface area contributed by atoms with Crippen LogP contribution in [0.25, 0.3) is 0 Å². The smallest absolute Gasteiger partial charge is 0.320 e. The molecule has 0 bridgehead atoms. The van der Waals surface area contributed by atoms with Gasteiger partial charge in [-0.2, -0.15) is 0 Å². The fourth-order valence-corrected chi connectivity index (χ4v) is 1.70. The Hall–Kier alpha value is -1.30. The molecule has 18 heavy (non-hydrogen) atoms. The van der Waals surface area contributed by atoms with E-state index >= 15 is 0 Å². The summed E-state index contributed by atoms with van der Waals surface area (Å²) in [7, 11) is 1.72. The molecule has 0 saturated heterocycles. The van der Waals surface area contributed by atoms with Crippen LogP contribution in [0.15, 0.2) is 0 Å². The third kappa shape index (κ3) is 4.91. The van der Waals surface area contributed by atoms with Gasteiger partial charge in [-0.3, -0.25) is 4.79 Å². The molecule has 104 valence electrons. The Morgan fingerprint density at radius 1 is 1.33 bits per heavy atom. The summed E-state index contributed by atoms with van der Waals surface area (Å²) in [5.41, 5.74) is 0. The van der Waals surface area contributed by atoms with Gasteiger partial charge in [0.15, 0.2) is 0 Å². The maximum Gasteiger partial charge on any atom is 0.320 e. The van der Waals surface area contributed by atoms with Gasteiger partial charge < -0.3 is 19.6 Å². The number of carbonyl (C=O) groups excluding carboxylic acids is 1. The van der Waals surface area contributed by atoms with Crippen LogP contribution >= 0.6 is 0 Å². The molecule has 0 aliphatic heterocycles. The second kappa shape index (κ2) is 7.20. The predicted molar refractivity (Wildman–Crippen MR) is 66.5 cm³/mol. The van der Waals surface area contributed by atoms with Crippen LogP contribution in [0.4, 0.5) is 4.79 Å². The standard InChI is InChI=1S/C12H22N2O4/c1-3-18-9-8-13(2)12(17)14(10-4-5-10)7-6-11(15)16/h10H,3-9H2,1-2H3,(H,15,16). The lowest BCUT2D eigenvalue weighted by molar-refractivity contribution is -0.137. The van der Waals surface area contributed by atoms with Gasteiger partial charge >= 0.3 is 12.0 Å². The Labute approximate surface area is 107 Å². The highest BCUT2D eigenvalue weighted by Crippen LogP contribution is 2.27. The molecule has 1 fully saturated rings. The first kappa shape index (κ1) is 14.8. The lowest BCUT2D eigenvalue weighted by atomic mass is 10.3. The summed E-state index contributed by atoms with van der Waals surface area (Å²) in [6.07, 6.45) is 1.96. The van der Waals surface area contributed by atoms with Crippen molar-refractivity contribution in [2.75, 3.05) is 33.4 Å². The second-order valence-electron chi connectivity index (χ2n) is 4.47. The monoisotopic (exact) mass is 258 g/mol. The molecule has 6 nitrogen and oxygen atoms in total. The summed E-state index contributed by atoms with van der Waals surface area (Å²) in [5.74, 6) is -0.870. The minimum Gasteiger partial charge on any atom is -0.481 e. The molecule has 0 radical (unpaired) electrons. The van der Waals surface area contributed by atoms with E-state index in [-0.39, 0.29) is 25.0 Å². The number of carbonyl (C=O) groups is 2. The van der Waals surface area contributed by atoms with Crippen molar-refractivity contribution in [1.82, 2.24) is 9.80 Å². The van der Waals surface area contributed by atoms with Gasteiger partial charge in [0.1, 0.15) is 0 Å². The number of nitrogens with zero attached hydrogens (tertiary/aromatic N) is 2. The van der Waals surface area contributed by atoms with Gasteiger partial charge in [-0.05, 0) is 19.8 Å². The van der Waals surface area contributed by atoms with Gasteiger partial charge in [0.05, 0.1) is 13.0 Å². The molecule has 0 aromatic carbocycles. The van der Waals surface area contributed by atoms with Crippen molar-refractivity contribution in [3.05, 3.63) is 0 Å². The van der Waals surface area contributed by atoms with Crippen LogP contribution in [-0.2, 0) is 9.53 Å². The highest BCUT2D eigenvalue weighted by atomic mass is 16.5. The van der Waals surface area contributed by atoms with Crippen LogP contribution in [0.3, 0.4) is 0 Å². The molecule has 0 heterocycles. The Kier molecular flexibility index (Phi) is 5.91. The largest absolute Gasteiger partial charge is 0.481 e. The molecule has 1 N–H and O–H groups in total. The number of ether oxygens (including phenoxy) is 1. The van der Waals surface area contributed by atoms with E-state index < -0.39 is 5.97 Å². The highest BCUT2D eigenvalue weighted by Gasteiger charge is 2.33. The molecule has 0 aromatic heterocycles. The lowest BCUT2D eigenvalue weighted by Gasteiger charge is -2.27. The third-order valence-electron chi connectivity index (χ3n) is 2.90. The van der Waals surface area contributed by atoms with Crippen molar-refractivity contribution in [2.45, 2.75) is 32.2 Å². The van der Waals surface area contributed by atoms with Crippen molar-refractivity contribution in [3.8, 4) is 0 Å². The summed E-state index contributed by atoms with van der Waals surface area (Å²) in [6, 6.07) is 0.129. The van der Waals surface area contributed by atoms with E-state index in [1.807, 2.05) is 6.92 Å². The van der Waals surface area contributed by atoms with Gasteiger partial charge in [-0.1, -0.05) is 0 Å². The van der Waals surface area contributed by atoms with E-state index in [9.17, 15) is 9.59 Å². The number of rotatable bonds is 8. The van der Waals surface area contributed by atoms with E-state index in [4.69, 9.17) is 9.84 Å². The number of carboxylic acid groups (broad SMARTS) is 1. The molecule has 0 unspecified atom stereocenters. The Balaban J connectivity index is 2.40. The molecule has 1 saturated carbocycles. The second-order valence-corrected chi connectivity index (χ2v) is 4.47. The zero-order valence-electron chi connectivity index (χ0n) is 11.1. The van der Waals surface area contributed by atoms with E-state index in [2.05, 4.69) is 0 Å². The van der Waals surface area contributed by atoms with Crippen molar-refractivity contribution < 1.29 is 19.4 Å². The van der Waals surface area contributed by atoms with Crippen molar-refractivity contribution in [1.29, 1.82) is 0 Å². The average molecular weight is 258 g/mol. The zero-order valence-corrected chi connectivity index (χ0v) is 11.1. The van der Waals surface area contributed by atoms with E-state index in [0.717, 1.165) is 12.8 Å².